The highest BCUT2D eigenvalue weighted by Crippen LogP contribution is 2.36. The van der Waals surface area contributed by atoms with Crippen molar-refractivity contribution in [2.75, 3.05) is 0 Å². The standard InChI is InChI=1S/C24H21F2N/c1-2-3-4-7-17-8-5-11-20(12-17)24-22(14-21(25)15-23(24)26)19-10-6-9-18(13-19)16-27/h5-6,8-15H,2-4,7H2,1H3. The molecule has 3 aromatic carbocycles. The van der Waals surface area contributed by atoms with Crippen molar-refractivity contribution >= 4 is 0 Å². The third-order valence-corrected chi connectivity index (χ3v) is 4.64. The van der Waals surface area contributed by atoms with Crippen LogP contribution in [0.1, 0.15) is 37.3 Å². The van der Waals surface area contributed by atoms with Crippen molar-refractivity contribution in [2.45, 2.75) is 32.6 Å². The lowest BCUT2D eigenvalue weighted by Crippen LogP contribution is -1.94. The summed E-state index contributed by atoms with van der Waals surface area (Å²) in [6, 6.07) is 18.9. The summed E-state index contributed by atoms with van der Waals surface area (Å²) in [5, 5.41) is 9.15. The van der Waals surface area contributed by atoms with Crippen LogP contribution in [0, 0.1) is 23.0 Å². The summed E-state index contributed by atoms with van der Waals surface area (Å²) in [4.78, 5) is 0. The second-order valence-corrected chi connectivity index (χ2v) is 6.66. The first kappa shape index (κ1) is 18.8. The first-order valence-corrected chi connectivity index (χ1v) is 9.21. The Labute approximate surface area is 158 Å². The van der Waals surface area contributed by atoms with Crippen molar-refractivity contribution in [3.05, 3.63) is 83.4 Å². The van der Waals surface area contributed by atoms with Crippen molar-refractivity contribution in [1.29, 1.82) is 5.26 Å². The predicted molar refractivity (Wildman–Crippen MR) is 105 cm³/mol. The molecule has 0 aliphatic rings. The summed E-state index contributed by atoms with van der Waals surface area (Å²) >= 11 is 0. The van der Waals surface area contributed by atoms with Gasteiger partial charge in [-0.3, -0.25) is 0 Å². The van der Waals surface area contributed by atoms with Gasteiger partial charge in [0.05, 0.1) is 11.6 Å². The van der Waals surface area contributed by atoms with Gasteiger partial charge in [-0.2, -0.15) is 5.26 Å². The predicted octanol–water partition coefficient (Wildman–Crippen LogP) is 6.90. The summed E-state index contributed by atoms with van der Waals surface area (Å²) in [7, 11) is 0. The zero-order valence-electron chi connectivity index (χ0n) is 15.3. The van der Waals surface area contributed by atoms with Crippen LogP contribution in [-0.2, 0) is 6.42 Å². The van der Waals surface area contributed by atoms with Crippen molar-refractivity contribution in [3.63, 3.8) is 0 Å². The maximum Gasteiger partial charge on any atom is 0.134 e. The van der Waals surface area contributed by atoms with Gasteiger partial charge < -0.3 is 0 Å². The molecular weight excluding hydrogens is 340 g/mol. The molecule has 0 fully saturated rings. The lowest BCUT2D eigenvalue weighted by Gasteiger charge is -2.13. The number of nitrogens with zero attached hydrogens (tertiary/aromatic N) is 1. The molecule has 27 heavy (non-hydrogen) atoms. The molecule has 3 heteroatoms. The summed E-state index contributed by atoms with van der Waals surface area (Å²) in [5.74, 6) is -1.23. The van der Waals surface area contributed by atoms with E-state index in [1.54, 1.807) is 24.3 Å². The van der Waals surface area contributed by atoms with Gasteiger partial charge in [-0.05, 0) is 53.3 Å². The van der Waals surface area contributed by atoms with E-state index in [1.165, 1.54) is 6.07 Å². The Balaban J connectivity index is 2.10. The van der Waals surface area contributed by atoms with Gasteiger partial charge in [0.15, 0.2) is 0 Å². The number of hydrogen-bond donors (Lipinski definition) is 0. The van der Waals surface area contributed by atoms with Crippen molar-refractivity contribution in [2.24, 2.45) is 0 Å². The SMILES string of the molecule is CCCCCc1cccc(-c2c(F)cc(F)cc2-c2cccc(C#N)c2)c1. The molecule has 0 saturated heterocycles. The second-order valence-electron chi connectivity index (χ2n) is 6.66. The molecule has 0 aliphatic carbocycles. The lowest BCUT2D eigenvalue weighted by molar-refractivity contribution is 0.586. The Morgan fingerprint density at radius 1 is 0.889 bits per heavy atom. The number of benzene rings is 3. The van der Waals surface area contributed by atoms with Crippen LogP contribution in [0.3, 0.4) is 0 Å². The van der Waals surface area contributed by atoms with Crippen molar-refractivity contribution in [1.82, 2.24) is 0 Å². The molecule has 0 radical (unpaired) electrons. The molecule has 3 aromatic rings. The van der Waals surface area contributed by atoms with E-state index in [1.807, 2.05) is 24.3 Å². The lowest BCUT2D eigenvalue weighted by atomic mass is 9.92. The van der Waals surface area contributed by atoms with Gasteiger partial charge in [0.25, 0.3) is 0 Å². The smallest absolute Gasteiger partial charge is 0.134 e. The highest BCUT2D eigenvalue weighted by Gasteiger charge is 2.16. The van der Waals surface area contributed by atoms with E-state index in [0.29, 0.717) is 22.3 Å². The van der Waals surface area contributed by atoms with Crippen LogP contribution in [0.15, 0.2) is 60.7 Å². The van der Waals surface area contributed by atoms with E-state index in [0.717, 1.165) is 42.9 Å². The highest BCUT2D eigenvalue weighted by atomic mass is 19.1. The number of rotatable bonds is 6. The maximum atomic E-state index is 14.8. The first-order valence-electron chi connectivity index (χ1n) is 9.21. The maximum absolute atomic E-state index is 14.8. The van der Waals surface area contributed by atoms with Gasteiger partial charge in [-0.1, -0.05) is 56.2 Å². The molecule has 0 aromatic heterocycles. The zero-order chi connectivity index (χ0) is 19.2. The van der Waals surface area contributed by atoms with Gasteiger partial charge in [0.2, 0.25) is 0 Å². The summed E-state index contributed by atoms with van der Waals surface area (Å²) < 4.78 is 28.8. The fourth-order valence-electron chi connectivity index (χ4n) is 3.31. The Bertz CT molecular complexity index is 986. The third kappa shape index (κ3) is 4.41. The van der Waals surface area contributed by atoms with E-state index in [2.05, 4.69) is 13.0 Å². The summed E-state index contributed by atoms with van der Waals surface area (Å²) in [6.45, 7) is 2.16. The van der Waals surface area contributed by atoms with Crippen LogP contribution >= 0.6 is 0 Å². The van der Waals surface area contributed by atoms with Crippen LogP contribution in [0.5, 0.6) is 0 Å². The van der Waals surface area contributed by atoms with Crippen LogP contribution in [0.2, 0.25) is 0 Å². The van der Waals surface area contributed by atoms with Crippen LogP contribution in [0.25, 0.3) is 22.3 Å². The Morgan fingerprint density at radius 3 is 2.44 bits per heavy atom. The van der Waals surface area contributed by atoms with Gasteiger partial charge >= 0.3 is 0 Å². The fourth-order valence-corrected chi connectivity index (χ4v) is 3.31. The number of halogens is 2. The van der Waals surface area contributed by atoms with Crippen LogP contribution < -0.4 is 0 Å². The molecule has 0 amide bonds. The Kier molecular flexibility index (Phi) is 5.98. The van der Waals surface area contributed by atoms with E-state index >= 15 is 0 Å². The largest absolute Gasteiger partial charge is 0.207 e. The van der Waals surface area contributed by atoms with E-state index in [-0.39, 0.29) is 0 Å². The minimum absolute atomic E-state index is 0.365. The highest BCUT2D eigenvalue weighted by molar-refractivity contribution is 5.84. The minimum Gasteiger partial charge on any atom is -0.207 e. The Hall–Kier alpha value is -2.99. The molecule has 0 heterocycles. The Morgan fingerprint density at radius 2 is 1.67 bits per heavy atom. The molecule has 136 valence electrons. The zero-order valence-corrected chi connectivity index (χ0v) is 15.3. The number of unbranched alkanes of at least 4 members (excludes halogenated alkanes) is 2. The van der Waals surface area contributed by atoms with Gasteiger partial charge in [-0.15, -0.1) is 0 Å². The molecule has 0 atom stereocenters. The molecule has 0 unspecified atom stereocenters. The quantitative estimate of drug-likeness (QED) is 0.438. The number of aryl methyl sites for hydroxylation is 1. The number of hydrogen-bond acceptors (Lipinski definition) is 1. The normalized spacial score (nSPS) is 10.6. The second kappa shape index (κ2) is 8.60. The topological polar surface area (TPSA) is 23.8 Å². The van der Waals surface area contributed by atoms with Crippen molar-refractivity contribution < 1.29 is 8.78 Å². The molecule has 0 N–H and O–H groups in total. The number of nitriles is 1. The third-order valence-electron chi connectivity index (χ3n) is 4.64. The molecule has 0 saturated carbocycles. The van der Waals surface area contributed by atoms with Gasteiger partial charge in [0, 0.05) is 11.6 Å². The minimum atomic E-state index is -0.632. The van der Waals surface area contributed by atoms with E-state index < -0.39 is 11.6 Å². The molecule has 3 rings (SSSR count). The van der Waals surface area contributed by atoms with E-state index in [4.69, 9.17) is 5.26 Å². The average molecular weight is 361 g/mol. The fraction of sp³-hybridized carbons (Fsp3) is 0.208. The summed E-state index contributed by atoms with van der Waals surface area (Å²) in [5.41, 5.74) is 3.76. The van der Waals surface area contributed by atoms with Crippen LogP contribution in [0.4, 0.5) is 8.78 Å². The molecule has 0 spiro atoms. The first-order chi connectivity index (χ1) is 13.1. The summed E-state index contributed by atoms with van der Waals surface area (Å²) in [6.07, 6.45) is 4.32. The van der Waals surface area contributed by atoms with Crippen LogP contribution in [-0.4, -0.2) is 0 Å². The van der Waals surface area contributed by atoms with Gasteiger partial charge in [0.1, 0.15) is 11.6 Å². The average Bonchev–Trinajstić information content (AvgIpc) is 2.68. The molecule has 0 bridgehead atoms. The molecule has 0 aliphatic heterocycles. The van der Waals surface area contributed by atoms with E-state index in [9.17, 15) is 8.78 Å². The van der Waals surface area contributed by atoms with Gasteiger partial charge in [-0.25, -0.2) is 8.78 Å². The molecular formula is C24H21F2N. The van der Waals surface area contributed by atoms with Crippen molar-refractivity contribution in [3.8, 4) is 28.3 Å². The molecule has 1 nitrogen and oxygen atoms in total. The monoisotopic (exact) mass is 361 g/mol.